The van der Waals surface area contributed by atoms with Gasteiger partial charge in [-0.15, -0.1) is 0 Å². The van der Waals surface area contributed by atoms with Gasteiger partial charge < -0.3 is 14.7 Å². The van der Waals surface area contributed by atoms with Crippen molar-refractivity contribution in [1.29, 1.82) is 0 Å². The lowest BCUT2D eigenvalue weighted by molar-refractivity contribution is -0.150. The van der Waals surface area contributed by atoms with Gasteiger partial charge in [-0.2, -0.15) is 0 Å². The second-order valence-corrected chi connectivity index (χ2v) is 3.68. The van der Waals surface area contributed by atoms with Crippen molar-refractivity contribution in [3.63, 3.8) is 0 Å². The van der Waals surface area contributed by atoms with Crippen LogP contribution in [0.1, 0.15) is 20.8 Å². The number of carbonyl (C=O) groups excluding carboxylic acids is 1. The minimum absolute atomic E-state index is 0.0615. The topological polar surface area (TPSA) is 49.8 Å². The lowest BCUT2D eigenvalue weighted by Crippen LogP contribution is -2.50. The molecule has 1 rings (SSSR count). The van der Waals surface area contributed by atoms with Crippen LogP contribution in [0.3, 0.4) is 0 Å². The van der Waals surface area contributed by atoms with Crippen molar-refractivity contribution in [2.75, 3.05) is 13.1 Å². The summed E-state index contributed by atoms with van der Waals surface area (Å²) in [6.45, 7) is 6.51. The van der Waals surface area contributed by atoms with Gasteiger partial charge in [-0.1, -0.05) is 0 Å². The number of hydrogen-bond donors (Lipinski definition) is 1. The SMILES string of the molecule is CC1CN(C(=O)[C@@H](C)O)CC(C)O1. The minimum atomic E-state index is -0.905. The molecule has 76 valence electrons. The summed E-state index contributed by atoms with van der Waals surface area (Å²) in [6.07, 6.45) is -0.782. The van der Waals surface area contributed by atoms with Crippen LogP contribution in [0.4, 0.5) is 0 Å². The Labute approximate surface area is 78.5 Å². The molecule has 0 saturated carbocycles. The summed E-state index contributed by atoms with van der Waals surface area (Å²) in [7, 11) is 0. The fraction of sp³-hybridized carbons (Fsp3) is 0.889. The van der Waals surface area contributed by atoms with Crippen LogP contribution in [0.5, 0.6) is 0 Å². The maximum atomic E-state index is 11.4. The summed E-state index contributed by atoms with van der Waals surface area (Å²) in [5.74, 6) is -0.206. The van der Waals surface area contributed by atoms with E-state index in [1.165, 1.54) is 6.92 Å². The van der Waals surface area contributed by atoms with Crippen LogP contribution in [-0.4, -0.2) is 47.3 Å². The molecule has 1 aliphatic rings. The van der Waals surface area contributed by atoms with Gasteiger partial charge in [0.1, 0.15) is 6.10 Å². The Morgan fingerprint density at radius 3 is 2.31 bits per heavy atom. The number of morpholine rings is 1. The van der Waals surface area contributed by atoms with Gasteiger partial charge in [0.05, 0.1) is 12.2 Å². The number of hydrogen-bond acceptors (Lipinski definition) is 3. The first-order valence-electron chi connectivity index (χ1n) is 4.63. The highest BCUT2D eigenvalue weighted by molar-refractivity contribution is 5.80. The minimum Gasteiger partial charge on any atom is -0.384 e. The summed E-state index contributed by atoms with van der Waals surface area (Å²) < 4.78 is 5.47. The molecule has 0 aliphatic carbocycles. The van der Waals surface area contributed by atoms with Crippen molar-refractivity contribution < 1.29 is 14.6 Å². The van der Waals surface area contributed by atoms with E-state index in [4.69, 9.17) is 9.84 Å². The van der Waals surface area contributed by atoms with E-state index in [1.54, 1.807) is 4.90 Å². The van der Waals surface area contributed by atoms with E-state index in [1.807, 2.05) is 13.8 Å². The molecule has 1 saturated heterocycles. The smallest absolute Gasteiger partial charge is 0.251 e. The molecule has 0 bridgehead atoms. The fourth-order valence-corrected chi connectivity index (χ4v) is 1.62. The molecular formula is C9H17NO3. The van der Waals surface area contributed by atoms with Gasteiger partial charge in [0.15, 0.2) is 0 Å². The molecule has 0 spiro atoms. The summed E-state index contributed by atoms with van der Waals surface area (Å²) in [4.78, 5) is 13.1. The summed E-state index contributed by atoms with van der Waals surface area (Å²) in [5, 5.41) is 9.11. The molecule has 0 radical (unpaired) electrons. The average molecular weight is 187 g/mol. The fourth-order valence-electron chi connectivity index (χ4n) is 1.62. The molecule has 4 nitrogen and oxygen atoms in total. The quantitative estimate of drug-likeness (QED) is 0.628. The summed E-state index contributed by atoms with van der Waals surface area (Å²) >= 11 is 0. The maximum absolute atomic E-state index is 11.4. The standard InChI is InChI=1S/C9H17NO3/c1-6-4-10(5-7(2)13-6)9(12)8(3)11/h6-8,11H,4-5H2,1-3H3/t6?,7?,8-/m1/s1. The van der Waals surface area contributed by atoms with Crippen LogP contribution >= 0.6 is 0 Å². The van der Waals surface area contributed by atoms with E-state index in [0.29, 0.717) is 13.1 Å². The van der Waals surface area contributed by atoms with E-state index in [-0.39, 0.29) is 18.1 Å². The number of aliphatic hydroxyl groups excluding tert-OH is 1. The first kappa shape index (κ1) is 10.5. The monoisotopic (exact) mass is 187 g/mol. The number of aliphatic hydroxyl groups is 1. The molecule has 1 N–H and O–H groups in total. The zero-order chi connectivity index (χ0) is 10.0. The molecule has 3 atom stereocenters. The largest absolute Gasteiger partial charge is 0.384 e. The van der Waals surface area contributed by atoms with Crippen molar-refractivity contribution in [2.24, 2.45) is 0 Å². The average Bonchev–Trinajstić information content (AvgIpc) is 2.01. The molecule has 0 aromatic carbocycles. The summed E-state index contributed by atoms with van der Waals surface area (Å²) in [6, 6.07) is 0. The highest BCUT2D eigenvalue weighted by atomic mass is 16.5. The number of nitrogens with zero attached hydrogens (tertiary/aromatic N) is 1. The number of amides is 1. The Morgan fingerprint density at radius 2 is 1.92 bits per heavy atom. The Hall–Kier alpha value is -0.610. The summed E-state index contributed by atoms with van der Waals surface area (Å²) in [5.41, 5.74) is 0. The molecule has 0 aromatic heterocycles. The van der Waals surface area contributed by atoms with Crippen LogP contribution in [-0.2, 0) is 9.53 Å². The zero-order valence-corrected chi connectivity index (χ0v) is 8.36. The van der Waals surface area contributed by atoms with Crippen molar-refractivity contribution >= 4 is 5.91 Å². The normalized spacial score (nSPS) is 31.5. The molecular weight excluding hydrogens is 170 g/mol. The molecule has 1 amide bonds. The Morgan fingerprint density at radius 1 is 1.46 bits per heavy atom. The van der Waals surface area contributed by atoms with Crippen LogP contribution in [0, 0.1) is 0 Å². The molecule has 13 heavy (non-hydrogen) atoms. The van der Waals surface area contributed by atoms with Crippen LogP contribution < -0.4 is 0 Å². The lowest BCUT2D eigenvalue weighted by atomic mass is 10.2. The van der Waals surface area contributed by atoms with E-state index in [9.17, 15) is 4.79 Å². The highest BCUT2D eigenvalue weighted by Gasteiger charge is 2.27. The van der Waals surface area contributed by atoms with Gasteiger partial charge in [-0.25, -0.2) is 0 Å². The van der Waals surface area contributed by atoms with Crippen LogP contribution in [0.25, 0.3) is 0 Å². The molecule has 1 heterocycles. The maximum Gasteiger partial charge on any atom is 0.251 e. The van der Waals surface area contributed by atoms with E-state index >= 15 is 0 Å². The van der Waals surface area contributed by atoms with Crippen LogP contribution in [0.15, 0.2) is 0 Å². The lowest BCUT2D eigenvalue weighted by Gasteiger charge is -2.35. The molecule has 1 fully saturated rings. The number of ether oxygens (including phenoxy) is 1. The first-order valence-corrected chi connectivity index (χ1v) is 4.63. The highest BCUT2D eigenvalue weighted by Crippen LogP contribution is 2.11. The Kier molecular flexibility index (Phi) is 3.27. The van der Waals surface area contributed by atoms with Gasteiger partial charge in [0.25, 0.3) is 5.91 Å². The van der Waals surface area contributed by atoms with Gasteiger partial charge in [0.2, 0.25) is 0 Å². The predicted octanol–water partition coefficient (Wildman–Crippen LogP) is 0.00300. The Bertz CT molecular complexity index is 183. The molecule has 1 aliphatic heterocycles. The van der Waals surface area contributed by atoms with E-state index in [0.717, 1.165) is 0 Å². The third-order valence-corrected chi connectivity index (χ3v) is 2.09. The second kappa shape index (κ2) is 4.07. The number of rotatable bonds is 1. The predicted molar refractivity (Wildman–Crippen MR) is 48.3 cm³/mol. The van der Waals surface area contributed by atoms with Crippen molar-refractivity contribution in [1.82, 2.24) is 4.90 Å². The molecule has 2 unspecified atom stereocenters. The first-order chi connectivity index (χ1) is 6.00. The van der Waals surface area contributed by atoms with Gasteiger partial charge >= 0.3 is 0 Å². The molecule has 0 aromatic rings. The van der Waals surface area contributed by atoms with Crippen molar-refractivity contribution in [2.45, 2.75) is 39.1 Å². The van der Waals surface area contributed by atoms with Crippen molar-refractivity contribution in [3.05, 3.63) is 0 Å². The van der Waals surface area contributed by atoms with E-state index in [2.05, 4.69) is 0 Å². The van der Waals surface area contributed by atoms with Gasteiger partial charge in [-0.05, 0) is 20.8 Å². The zero-order valence-electron chi connectivity index (χ0n) is 8.36. The van der Waals surface area contributed by atoms with E-state index < -0.39 is 6.10 Å². The Balaban J connectivity index is 2.55. The van der Waals surface area contributed by atoms with Crippen LogP contribution in [0.2, 0.25) is 0 Å². The van der Waals surface area contributed by atoms with Gasteiger partial charge in [-0.3, -0.25) is 4.79 Å². The third-order valence-electron chi connectivity index (χ3n) is 2.09. The number of carbonyl (C=O) groups is 1. The third kappa shape index (κ3) is 2.67. The second-order valence-electron chi connectivity index (χ2n) is 3.68. The van der Waals surface area contributed by atoms with Crippen molar-refractivity contribution in [3.8, 4) is 0 Å². The van der Waals surface area contributed by atoms with Gasteiger partial charge in [0, 0.05) is 13.1 Å². The molecule has 4 heteroatoms.